The molecule has 2 heterocycles. The lowest BCUT2D eigenvalue weighted by Gasteiger charge is -2.11. The normalized spacial score (nSPS) is 11.1. The lowest BCUT2D eigenvalue weighted by molar-refractivity contribution is 0.103. The van der Waals surface area contributed by atoms with E-state index in [9.17, 15) is 4.79 Å². The van der Waals surface area contributed by atoms with E-state index in [1.54, 1.807) is 42.7 Å². The number of benzene rings is 2. The standard InChI is InChI=1S/C19H12Cl3N5OS/c20-11-3-1-10(2-4-11)16(28)14-12(21)5-9(6-13(14)22)7-27-8-24-15-17(27)25-19(23)26-18(15)29/h1-6,8H,7H2,(H3,23,25,26,29). The second-order valence-corrected chi connectivity index (χ2v) is 7.90. The number of nitrogens with two attached hydrogens (primary N) is 1. The molecule has 4 aromatic rings. The van der Waals surface area contributed by atoms with Gasteiger partial charge in [0, 0.05) is 10.6 Å². The molecule has 0 aliphatic carbocycles. The number of imidazole rings is 1. The number of nitrogens with one attached hydrogen (secondary N) is 1. The van der Waals surface area contributed by atoms with Crippen LogP contribution in [0.1, 0.15) is 21.5 Å². The molecule has 2 aromatic heterocycles. The second kappa shape index (κ2) is 7.76. The summed E-state index contributed by atoms with van der Waals surface area (Å²) in [6, 6.07) is 9.93. The maximum atomic E-state index is 12.8. The maximum absolute atomic E-state index is 12.8. The Balaban J connectivity index is 1.70. The molecule has 4 rings (SSSR count). The van der Waals surface area contributed by atoms with Crippen LogP contribution in [0, 0.1) is 4.64 Å². The fraction of sp³-hybridized carbons (Fsp3) is 0.0526. The Kier molecular flexibility index (Phi) is 5.31. The van der Waals surface area contributed by atoms with E-state index in [-0.39, 0.29) is 27.3 Å². The number of nitrogen functional groups attached to an aromatic ring is 1. The molecule has 0 aliphatic heterocycles. The van der Waals surface area contributed by atoms with Gasteiger partial charge >= 0.3 is 0 Å². The van der Waals surface area contributed by atoms with Crippen LogP contribution in [-0.2, 0) is 6.54 Å². The number of aromatic amines is 1. The molecule has 29 heavy (non-hydrogen) atoms. The fourth-order valence-corrected chi connectivity index (χ4v) is 4.06. The number of carbonyl (C=O) groups excluding carboxylic acids is 1. The van der Waals surface area contributed by atoms with E-state index in [1.807, 2.05) is 4.57 Å². The third-order valence-electron chi connectivity index (χ3n) is 4.30. The summed E-state index contributed by atoms with van der Waals surface area (Å²) in [6.45, 7) is 0.389. The van der Waals surface area contributed by atoms with Crippen LogP contribution in [0.5, 0.6) is 0 Å². The monoisotopic (exact) mass is 463 g/mol. The summed E-state index contributed by atoms with van der Waals surface area (Å²) in [5, 5.41) is 1.05. The first kappa shape index (κ1) is 19.8. The van der Waals surface area contributed by atoms with Crippen molar-refractivity contribution in [1.82, 2.24) is 19.5 Å². The first-order valence-corrected chi connectivity index (χ1v) is 9.86. The summed E-state index contributed by atoms with van der Waals surface area (Å²) in [5.74, 6) is -0.0801. The molecule has 0 bridgehead atoms. The minimum absolute atomic E-state index is 0.198. The molecular weight excluding hydrogens is 453 g/mol. The molecule has 0 aliphatic rings. The van der Waals surface area contributed by atoms with Crippen LogP contribution in [-0.4, -0.2) is 25.3 Å². The summed E-state index contributed by atoms with van der Waals surface area (Å²) in [6.07, 6.45) is 1.62. The molecule has 0 atom stereocenters. The number of H-pyrrole nitrogens is 1. The van der Waals surface area contributed by atoms with E-state index in [1.165, 1.54) is 0 Å². The van der Waals surface area contributed by atoms with Gasteiger partial charge in [0.1, 0.15) is 11.2 Å². The first-order valence-electron chi connectivity index (χ1n) is 8.32. The summed E-state index contributed by atoms with van der Waals surface area (Å²) >= 11 is 23.9. The van der Waals surface area contributed by atoms with Crippen LogP contribution >= 0.6 is 47.0 Å². The van der Waals surface area contributed by atoms with Crippen LogP contribution in [0.2, 0.25) is 15.1 Å². The molecule has 10 heteroatoms. The van der Waals surface area contributed by atoms with E-state index in [4.69, 9.17) is 52.8 Å². The number of nitrogens with zero attached hydrogens (tertiary/aromatic N) is 3. The molecule has 0 saturated heterocycles. The Labute approximate surface area is 185 Å². The Bertz CT molecular complexity index is 1290. The van der Waals surface area contributed by atoms with Gasteiger partial charge < -0.3 is 15.3 Å². The van der Waals surface area contributed by atoms with Crippen LogP contribution < -0.4 is 5.73 Å². The lowest BCUT2D eigenvalue weighted by Crippen LogP contribution is -2.06. The van der Waals surface area contributed by atoms with Gasteiger partial charge in [0.15, 0.2) is 16.4 Å². The highest BCUT2D eigenvalue weighted by molar-refractivity contribution is 7.71. The van der Waals surface area contributed by atoms with Crippen molar-refractivity contribution < 1.29 is 4.79 Å². The van der Waals surface area contributed by atoms with Gasteiger partial charge in [-0.25, -0.2) is 9.97 Å². The number of fused-ring (bicyclic) bond motifs is 1. The third kappa shape index (κ3) is 3.86. The van der Waals surface area contributed by atoms with Gasteiger partial charge in [-0.2, -0.15) is 0 Å². The molecule has 0 fully saturated rings. The van der Waals surface area contributed by atoms with Gasteiger partial charge in [-0.15, -0.1) is 0 Å². The number of hydrogen-bond acceptors (Lipinski definition) is 5. The fourth-order valence-electron chi connectivity index (χ4n) is 2.98. The average Bonchev–Trinajstić information content (AvgIpc) is 3.04. The molecule has 0 unspecified atom stereocenters. The van der Waals surface area contributed by atoms with Crippen molar-refractivity contribution in [3.8, 4) is 0 Å². The maximum Gasteiger partial charge on any atom is 0.200 e. The van der Waals surface area contributed by atoms with Crippen molar-refractivity contribution in [2.24, 2.45) is 0 Å². The number of anilines is 1. The molecule has 146 valence electrons. The lowest BCUT2D eigenvalue weighted by atomic mass is 10.0. The van der Waals surface area contributed by atoms with E-state index in [2.05, 4.69) is 15.0 Å². The molecule has 0 spiro atoms. The van der Waals surface area contributed by atoms with Gasteiger partial charge in [0.25, 0.3) is 0 Å². The number of carbonyl (C=O) groups is 1. The molecule has 0 radical (unpaired) electrons. The topological polar surface area (TPSA) is 89.6 Å². The smallest absolute Gasteiger partial charge is 0.200 e. The average molecular weight is 465 g/mol. The molecule has 2 aromatic carbocycles. The van der Waals surface area contributed by atoms with E-state index < -0.39 is 0 Å². The Morgan fingerprint density at radius 2 is 1.79 bits per heavy atom. The highest BCUT2D eigenvalue weighted by Crippen LogP contribution is 2.30. The van der Waals surface area contributed by atoms with Crippen molar-refractivity contribution in [3.63, 3.8) is 0 Å². The summed E-state index contributed by atoms with van der Waals surface area (Å²) in [5.41, 5.74) is 8.39. The second-order valence-electron chi connectivity index (χ2n) is 6.27. The molecule has 0 amide bonds. The largest absolute Gasteiger partial charge is 0.369 e. The molecule has 6 nitrogen and oxygen atoms in total. The van der Waals surface area contributed by atoms with E-state index in [0.29, 0.717) is 32.9 Å². The van der Waals surface area contributed by atoms with Crippen LogP contribution in [0.25, 0.3) is 11.2 Å². The zero-order valence-electron chi connectivity index (χ0n) is 14.6. The number of hydrogen-bond donors (Lipinski definition) is 2. The van der Waals surface area contributed by atoms with Crippen molar-refractivity contribution in [1.29, 1.82) is 0 Å². The Morgan fingerprint density at radius 3 is 2.45 bits per heavy atom. The van der Waals surface area contributed by atoms with Crippen LogP contribution in [0.15, 0.2) is 42.7 Å². The minimum atomic E-state index is -0.278. The predicted octanol–water partition coefficient (Wildman–Crippen LogP) is 5.31. The third-order valence-corrected chi connectivity index (χ3v) is 5.43. The highest BCUT2D eigenvalue weighted by atomic mass is 35.5. The van der Waals surface area contributed by atoms with Crippen molar-refractivity contribution in [2.45, 2.75) is 6.54 Å². The van der Waals surface area contributed by atoms with Crippen molar-refractivity contribution in [3.05, 3.63) is 79.1 Å². The van der Waals surface area contributed by atoms with Crippen molar-refractivity contribution >= 4 is 69.9 Å². The Morgan fingerprint density at radius 1 is 1.14 bits per heavy atom. The SMILES string of the molecule is Nc1nc(=S)c2ncn(Cc3cc(Cl)c(C(=O)c4ccc(Cl)cc4)c(Cl)c3)c2[nH]1. The van der Waals surface area contributed by atoms with E-state index in [0.717, 1.165) is 5.56 Å². The molecule has 0 saturated carbocycles. The quantitative estimate of drug-likeness (QED) is 0.315. The van der Waals surface area contributed by atoms with Gasteiger partial charge in [0.05, 0.1) is 28.5 Å². The van der Waals surface area contributed by atoms with Gasteiger partial charge in [-0.3, -0.25) is 4.79 Å². The zero-order valence-corrected chi connectivity index (χ0v) is 17.7. The summed E-state index contributed by atoms with van der Waals surface area (Å²) in [4.78, 5) is 24.0. The first-order chi connectivity index (χ1) is 13.8. The van der Waals surface area contributed by atoms with Gasteiger partial charge in [0.2, 0.25) is 0 Å². The predicted molar refractivity (Wildman–Crippen MR) is 118 cm³/mol. The highest BCUT2D eigenvalue weighted by Gasteiger charge is 2.18. The number of halogens is 3. The van der Waals surface area contributed by atoms with Gasteiger partial charge in [-0.05, 0) is 42.0 Å². The number of rotatable bonds is 4. The Hall–Kier alpha value is -2.45. The van der Waals surface area contributed by atoms with Crippen LogP contribution in [0.3, 0.4) is 0 Å². The van der Waals surface area contributed by atoms with Gasteiger partial charge in [-0.1, -0.05) is 47.0 Å². The number of ketones is 1. The molecule has 3 N–H and O–H groups in total. The molecular formula is C19H12Cl3N5OS. The minimum Gasteiger partial charge on any atom is -0.369 e. The summed E-state index contributed by atoms with van der Waals surface area (Å²) < 4.78 is 2.13. The van der Waals surface area contributed by atoms with E-state index >= 15 is 0 Å². The van der Waals surface area contributed by atoms with Crippen LogP contribution in [0.4, 0.5) is 5.95 Å². The van der Waals surface area contributed by atoms with Crippen molar-refractivity contribution in [2.75, 3.05) is 5.73 Å². The number of aromatic nitrogens is 4. The zero-order chi connectivity index (χ0) is 20.7. The summed E-state index contributed by atoms with van der Waals surface area (Å²) in [7, 11) is 0.